The summed E-state index contributed by atoms with van der Waals surface area (Å²) in [5.41, 5.74) is -0.330. The molecule has 3 rings (SSSR count). The molecule has 0 fully saturated rings. The monoisotopic (exact) mass is 435 g/mol. The van der Waals surface area contributed by atoms with E-state index in [1.54, 1.807) is 31.3 Å². The van der Waals surface area contributed by atoms with E-state index in [9.17, 15) is 22.4 Å². The third-order valence-electron chi connectivity index (χ3n) is 4.24. The van der Waals surface area contributed by atoms with E-state index in [-0.39, 0.29) is 11.3 Å². The second-order valence-corrected chi connectivity index (χ2v) is 7.31. The minimum Gasteiger partial charge on any atom is -0.339 e. The van der Waals surface area contributed by atoms with Crippen molar-refractivity contribution in [3.05, 3.63) is 95.1 Å². The molecule has 0 radical (unpaired) electrons. The standard InChI is InChI=1S/C21H17F4N3OS/c1-26-30-16-10-6-14(7-11-16)20(29)28-18(19-17(22)3-2-12-27-19)13-4-8-15(9-5-13)21(23,24)25/h2-12,18,26H,1H3,(H,28,29). The lowest BCUT2D eigenvalue weighted by atomic mass is 10.00. The first-order valence-corrected chi connectivity index (χ1v) is 9.63. The summed E-state index contributed by atoms with van der Waals surface area (Å²) in [7, 11) is 1.77. The van der Waals surface area contributed by atoms with Gasteiger partial charge in [0, 0.05) is 16.7 Å². The first-order valence-electron chi connectivity index (χ1n) is 8.81. The lowest BCUT2D eigenvalue weighted by Gasteiger charge is -2.20. The van der Waals surface area contributed by atoms with Gasteiger partial charge in [0.05, 0.1) is 11.6 Å². The van der Waals surface area contributed by atoms with E-state index >= 15 is 0 Å². The molecule has 1 heterocycles. The van der Waals surface area contributed by atoms with Crippen LogP contribution in [0.1, 0.15) is 33.2 Å². The molecule has 0 aliphatic rings. The Labute approximate surface area is 174 Å². The van der Waals surface area contributed by atoms with E-state index < -0.39 is 29.5 Å². The molecule has 3 aromatic rings. The number of hydrogen-bond donors (Lipinski definition) is 2. The Morgan fingerprint density at radius 1 is 1.03 bits per heavy atom. The highest BCUT2D eigenvalue weighted by Crippen LogP contribution is 2.31. The van der Waals surface area contributed by atoms with Crippen molar-refractivity contribution in [2.75, 3.05) is 7.05 Å². The van der Waals surface area contributed by atoms with Gasteiger partial charge in [0.1, 0.15) is 11.5 Å². The molecule has 0 aliphatic heterocycles. The van der Waals surface area contributed by atoms with Crippen LogP contribution in [0.15, 0.2) is 71.8 Å². The maximum atomic E-state index is 14.4. The first kappa shape index (κ1) is 21.8. The number of hydrogen-bond acceptors (Lipinski definition) is 4. The predicted molar refractivity (Wildman–Crippen MR) is 106 cm³/mol. The van der Waals surface area contributed by atoms with Gasteiger partial charge in [-0.3, -0.25) is 14.5 Å². The zero-order valence-electron chi connectivity index (χ0n) is 15.7. The van der Waals surface area contributed by atoms with Crippen molar-refractivity contribution in [2.45, 2.75) is 17.1 Å². The van der Waals surface area contributed by atoms with Gasteiger partial charge in [-0.05, 0) is 73.1 Å². The Balaban J connectivity index is 1.92. The molecule has 4 nitrogen and oxygen atoms in total. The number of nitrogens with zero attached hydrogens (tertiary/aromatic N) is 1. The van der Waals surface area contributed by atoms with Gasteiger partial charge in [0.25, 0.3) is 5.91 Å². The van der Waals surface area contributed by atoms with Crippen LogP contribution in [0.4, 0.5) is 17.6 Å². The van der Waals surface area contributed by atoms with E-state index in [4.69, 9.17) is 0 Å². The Morgan fingerprint density at radius 3 is 2.27 bits per heavy atom. The molecule has 156 valence electrons. The molecule has 2 N–H and O–H groups in total. The smallest absolute Gasteiger partial charge is 0.339 e. The highest BCUT2D eigenvalue weighted by molar-refractivity contribution is 7.97. The Morgan fingerprint density at radius 2 is 1.70 bits per heavy atom. The lowest BCUT2D eigenvalue weighted by molar-refractivity contribution is -0.137. The molecule has 1 aromatic heterocycles. The fraction of sp³-hybridized carbons (Fsp3) is 0.143. The molecular weight excluding hydrogens is 418 g/mol. The second kappa shape index (κ2) is 9.27. The number of rotatable bonds is 6. The number of halogens is 4. The highest BCUT2D eigenvalue weighted by Gasteiger charge is 2.31. The number of aromatic nitrogens is 1. The van der Waals surface area contributed by atoms with Crippen molar-refractivity contribution in [1.82, 2.24) is 15.0 Å². The third-order valence-corrected chi connectivity index (χ3v) is 4.96. The Hall–Kier alpha value is -2.91. The molecule has 1 amide bonds. The van der Waals surface area contributed by atoms with Crippen molar-refractivity contribution in [3.63, 3.8) is 0 Å². The minimum absolute atomic E-state index is 0.0898. The molecule has 0 bridgehead atoms. The van der Waals surface area contributed by atoms with Gasteiger partial charge in [-0.1, -0.05) is 12.1 Å². The topological polar surface area (TPSA) is 54.0 Å². The molecule has 1 unspecified atom stereocenters. The lowest BCUT2D eigenvalue weighted by Crippen LogP contribution is -2.30. The third kappa shape index (κ3) is 5.17. The summed E-state index contributed by atoms with van der Waals surface area (Å²) in [6, 6.07) is 12.4. The van der Waals surface area contributed by atoms with E-state index in [0.29, 0.717) is 5.56 Å². The van der Waals surface area contributed by atoms with Crippen LogP contribution in [0.5, 0.6) is 0 Å². The highest BCUT2D eigenvalue weighted by atomic mass is 32.2. The summed E-state index contributed by atoms with van der Waals surface area (Å²) in [5.74, 6) is -1.19. The zero-order chi connectivity index (χ0) is 21.7. The van der Waals surface area contributed by atoms with Crippen LogP contribution < -0.4 is 10.0 Å². The molecule has 0 saturated heterocycles. The van der Waals surface area contributed by atoms with Crippen LogP contribution in [0.3, 0.4) is 0 Å². The van der Waals surface area contributed by atoms with Crippen LogP contribution in [0, 0.1) is 5.82 Å². The summed E-state index contributed by atoms with van der Waals surface area (Å²) in [5, 5.41) is 2.67. The SMILES string of the molecule is CNSc1ccc(C(=O)NC(c2ccc(C(F)(F)F)cc2)c2ncccc2F)cc1. The predicted octanol–water partition coefficient (Wildman–Crippen LogP) is 4.99. The molecule has 0 saturated carbocycles. The van der Waals surface area contributed by atoms with Gasteiger partial charge < -0.3 is 5.32 Å². The number of alkyl halides is 3. The van der Waals surface area contributed by atoms with Gasteiger partial charge in [-0.2, -0.15) is 13.2 Å². The maximum absolute atomic E-state index is 14.4. The average Bonchev–Trinajstić information content (AvgIpc) is 2.73. The fourth-order valence-corrected chi connectivity index (χ4v) is 3.30. The zero-order valence-corrected chi connectivity index (χ0v) is 16.5. The van der Waals surface area contributed by atoms with Gasteiger partial charge in [-0.15, -0.1) is 0 Å². The van der Waals surface area contributed by atoms with Crippen molar-refractivity contribution < 1.29 is 22.4 Å². The van der Waals surface area contributed by atoms with E-state index in [1.165, 1.54) is 42.4 Å². The summed E-state index contributed by atoms with van der Waals surface area (Å²) in [4.78, 5) is 17.6. The van der Waals surface area contributed by atoms with E-state index in [0.717, 1.165) is 17.0 Å². The van der Waals surface area contributed by atoms with Crippen LogP contribution in [0.2, 0.25) is 0 Å². The van der Waals surface area contributed by atoms with Crippen LogP contribution >= 0.6 is 11.9 Å². The number of benzene rings is 2. The van der Waals surface area contributed by atoms with Crippen molar-refractivity contribution >= 4 is 17.9 Å². The number of pyridine rings is 1. The molecule has 0 spiro atoms. The van der Waals surface area contributed by atoms with Gasteiger partial charge in [0.15, 0.2) is 0 Å². The maximum Gasteiger partial charge on any atom is 0.416 e. The molecule has 1 atom stereocenters. The quantitative estimate of drug-likeness (QED) is 0.423. The molecular formula is C21H17F4N3OS. The number of carbonyl (C=O) groups is 1. The minimum atomic E-state index is -4.50. The Bertz CT molecular complexity index is 1010. The van der Waals surface area contributed by atoms with Crippen molar-refractivity contribution in [3.8, 4) is 0 Å². The van der Waals surface area contributed by atoms with E-state index in [1.807, 2.05) is 0 Å². The molecule has 30 heavy (non-hydrogen) atoms. The second-order valence-electron chi connectivity index (χ2n) is 6.23. The number of carbonyl (C=O) groups excluding carboxylic acids is 1. The largest absolute Gasteiger partial charge is 0.416 e. The average molecular weight is 435 g/mol. The van der Waals surface area contributed by atoms with Crippen LogP contribution in [-0.4, -0.2) is 17.9 Å². The number of nitrogens with one attached hydrogen (secondary N) is 2. The van der Waals surface area contributed by atoms with Crippen LogP contribution in [0.25, 0.3) is 0 Å². The van der Waals surface area contributed by atoms with Crippen molar-refractivity contribution in [2.24, 2.45) is 0 Å². The molecule has 2 aromatic carbocycles. The Kier molecular flexibility index (Phi) is 6.73. The van der Waals surface area contributed by atoms with Gasteiger partial charge in [0.2, 0.25) is 0 Å². The van der Waals surface area contributed by atoms with Gasteiger partial charge in [-0.25, -0.2) is 4.39 Å². The summed E-state index contributed by atoms with van der Waals surface area (Å²) in [6.45, 7) is 0. The molecule has 0 aliphatic carbocycles. The fourth-order valence-electron chi connectivity index (χ4n) is 2.79. The van der Waals surface area contributed by atoms with E-state index in [2.05, 4.69) is 15.0 Å². The summed E-state index contributed by atoms with van der Waals surface area (Å²) in [6.07, 6.45) is -3.15. The molecule has 9 heteroatoms. The van der Waals surface area contributed by atoms with Gasteiger partial charge >= 0.3 is 6.18 Å². The number of amides is 1. The van der Waals surface area contributed by atoms with Crippen LogP contribution in [-0.2, 0) is 6.18 Å². The summed E-state index contributed by atoms with van der Waals surface area (Å²) < 4.78 is 55.9. The first-order chi connectivity index (χ1) is 14.3. The normalized spacial score (nSPS) is 12.4. The van der Waals surface area contributed by atoms with Crippen molar-refractivity contribution in [1.29, 1.82) is 0 Å². The summed E-state index contributed by atoms with van der Waals surface area (Å²) >= 11 is 1.38.